The predicted octanol–water partition coefficient (Wildman–Crippen LogP) is -0.0865. The molecule has 1 amide bonds. The van der Waals surface area contributed by atoms with Gasteiger partial charge in [-0.2, -0.15) is 0 Å². The van der Waals surface area contributed by atoms with Crippen molar-refractivity contribution >= 4 is 21.7 Å². The summed E-state index contributed by atoms with van der Waals surface area (Å²) in [7, 11) is -2.32. The van der Waals surface area contributed by atoms with Gasteiger partial charge in [0.1, 0.15) is 0 Å². The molecule has 0 aliphatic carbocycles. The first-order chi connectivity index (χ1) is 8.36. The number of hydrogen-bond donors (Lipinski definition) is 2. The van der Waals surface area contributed by atoms with Crippen LogP contribution in [0.15, 0.2) is 29.2 Å². The second kappa shape index (κ2) is 5.74. The zero-order chi connectivity index (χ0) is 13.8. The Morgan fingerprint density at radius 3 is 2.17 bits per heavy atom. The van der Waals surface area contributed by atoms with Crippen LogP contribution >= 0.6 is 0 Å². The highest BCUT2D eigenvalue weighted by molar-refractivity contribution is 7.89. The number of ketones is 1. The van der Waals surface area contributed by atoms with Crippen molar-refractivity contribution < 1.29 is 18.0 Å². The molecular formula is C11H14N2O4S. The molecule has 1 aromatic rings. The summed E-state index contributed by atoms with van der Waals surface area (Å²) in [5.74, 6) is -0.573. The third-order valence-electron chi connectivity index (χ3n) is 2.27. The molecule has 0 saturated carbocycles. The van der Waals surface area contributed by atoms with Gasteiger partial charge in [-0.1, -0.05) is 12.1 Å². The number of Topliss-reactive ketones (excluding diaryl/α,β-unsaturated/α-hetero) is 1. The average Bonchev–Trinajstić information content (AvgIpc) is 2.36. The quantitative estimate of drug-likeness (QED) is 0.732. The van der Waals surface area contributed by atoms with Crippen LogP contribution in [0, 0.1) is 0 Å². The summed E-state index contributed by atoms with van der Waals surface area (Å²) in [6.07, 6.45) is 0. The molecule has 0 heterocycles. The highest BCUT2D eigenvalue weighted by atomic mass is 32.2. The first kappa shape index (κ1) is 14.3. The molecule has 6 nitrogen and oxygen atoms in total. The van der Waals surface area contributed by atoms with E-state index in [-0.39, 0.29) is 17.2 Å². The highest BCUT2D eigenvalue weighted by Crippen LogP contribution is 2.10. The molecule has 0 fully saturated rings. The number of amides is 1. The monoisotopic (exact) mass is 270 g/mol. The molecule has 0 saturated heterocycles. The van der Waals surface area contributed by atoms with Crippen LogP contribution in [0.1, 0.15) is 17.3 Å². The number of likely N-dealkylation sites (N-methyl/N-ethyl adjacent to an activating group) is 1. The summed E-state index contributed by atoms with van der Waals surface area (Å²) in [4.78, 5) is 22.0. The van der Waals surface area contributed by atoms with Gasteiger partial charge >= 0.3 is 0 Å². The highest BCUT2D eigenvalue weighted by Gasteiger charge is 2.15. The van der Waals surface area contributed by atoms with Crippen LogP contribution in [-0.4, -0.2) is 33.7 Å². The van der Waals surface area contributed by atoms with E-state index < -0.39 is 15.9 Å². The summed E-state index contributed by atoms with van der Waals surface area (Å²) in [6, 6.07) is 5.50. The van der Waals surface area contributed by atoms with Crippen LogP contribution in [0.2, 0.25) is 0 Å². The van der Waals surface area contributed by atoms with E-state index in [0.717, 1.165) is 0 Å². The van der Waals surface area contributed by atoms with Crippen LogP contribution in [0.4, 0.5) is 0 Å². The number of hydrogen-bond acceptors (Lipinski definition) is 4. The molecule has 0 unspecified atom stereocenters. The van der Waals surface area contributed by atoms with Gasteiger partial charge in [-0.3, -0.25) is 9.59 Å². The standard InChI is InChI=1S/C11H14N2O4S/c1-8(14)9-3-5-10(6-4-9)18(16,17)13-7-11(15)12-2/h3-6,13H,7H2,1-2H3,(H,12,15). The molecule has 18 heavy (non-hydrogen) atoms. The van der Waals surface area contributed by atoms with E-state index in [4.69, 9.17) is 0 Å². The lowest BCUT2D eigenvalue weighted by Gasteiger charge is -2.06. The summed E-state index contributed by atoms with van der Waals surface area (Å²) in [6.45, 7) is 1.07. The molecule has 0 spiro atoms. The normalized spacial score (nSPS) is 11.0. The second-order valence-corrected chi connectivity index (χ2v) is 5.35. The van der Waals surface area contributed by atoms with Gasteiger partial charge in [0, 0.05) is 12.6 Å². The van der Waals surface area contributed by atoms with Gasteiger partial charge in [0.15, 0.2) is 5.78 Å². The summed E-state index contributed by atoms with van der Waals surface area (Å²) in [5.41, 5.74) is 0.431. The van der Waals surface area contributed by atoms with E-state index in [0.29, 0.717) is 5.56 Å². The summed E-state index contributed by atoms with van der Waals surface area (Å²) < 4.78 is 25.7. The Labute approximate surface area is 105 Å². The first-order valence-corrected chi connectivity index (χ1v) is 6.66. The molecule has 0 bridgehead atoms. The molecule has 98 valence electrons. The third-order valence-corrected chi connectivity index (χ3v) is 3.69. The largest absolute Gasteiger partial charge is 0.358 e. The van der Waals surface area contributed by atoms with Gasteiger partial charge in [0.25, 0.3) is 0 Å². The Morgan fingerprint density at radius 2 is 1.72 bits per heavy atom. The number of rotatable bonds is 5. The van der Waals surface area contributed by atoms with Crippen LogP contribution in [0.5, 0.6) is 0 Å². The van der Waals surface area contributed by atoms with Gasteiger partial charge in [-0.05, 0) is 19.1 Å². The van der Waals surface area contributed by atoms with Crippen LogP contribution in [0.25, 0.3) is 0 Å². The minimum absolute atomic E-state index is 0.0106. The average molecular weight is 270 g/mol. The van der Waals surface area contributed by atoms with Gasteiger partial charge in [-0.25, -0.2) is 13.1 Å². The number of benzene rings is 1. The molecule has 1 aromatic carbocycles. The lowest BCUT2D eigenvalue weighted by Crippen LogP contribution is -2.35. The summed E-state index contributed by atoms with van der Waals surface area (Å²) >= 11 is 0. The molecule has 0 aromatic heterocycles. The first-order valence-electron chi connectivity index (χ1n) is 5.18. The Balaban J connectivity index is 2.85. The molecular weight excluding hydrogens is 256 g/mol. The Morgan fingerprint density at radius 1 is 1.17 bits per heavy atom. The molecule has 0 atom stereocenters. The lowest BCUT2D eigenvalue weighted by molar-refractivity contribution is -0.119. The fourth-order valence-corrected chi connectivity index (χ4v) is 2.18. The predicted molar refractivity (Wildman–Crippen MR) is 65.7 cm³/mol. The topological polar surface area (TPSA) is 92.3 Å². The smallest absolute Gasteiger partial charge is 0.241 e. The Kier molecular flexibility index (Phi) is 4.57. The van der Waals surface area contributed by atoms with E-state index in [1.807, 2.05) is 0 Å². The zero-order valence-corrected chi connectivity index (χ0v) is 10.9. The van der Waals surface area contributed by atoms with E-state index in [2.05, 4.69) is 10.0 Å². The van der Waals surface area contributed by atoms with Gasteiger partial charge in [-0.15, -0.1) is 0 Å². The molecule has 0 radical (unpaired) electrons. The zero-order valence-electron chi connectivity index (χ0n) is 10.1. The fourth-order valence-electron chi connectivity index (χ4n) is 1.20. The van der Waals surface area contributed by atoms with Gasteiger partial charge in [0.05, 0.1) is 11.4 Å². The van der Waals surface area contributed by atoms with Crippen molar-refractivity contribution in [3.05, 3.63) is 29.8 Å². The minimum atomic E-state index is -3.73. The number of nitrogens with one attached hydrogen (secondary N) is 2. The second-order valence-electron chi connectivity index (χ2n) is 3.58. The van der Waals surface area contributed by atoms with Crippen molar-refractivity contribution in [3.63, 3.8) is 0 Å². The van der Waals surface area contributed by atoms with Crippen molar-refractivity contribution in [2.45, 2.75) is 11.8 Å². The lowest BCUT2D eigenvalue weighted by atomic mass is 10.2. The fraction of sp³-hybridized carbons (Fsp3) is 0.273. The van der Waals surface area contributed by atoms with Crippen LogP contribution in [0.3, 0.4) is 0 Å². The Hall–Kier alpha value is -1.73. The van der Waals surface area contributed by atoms with E-state index in [1.54, 1.807) is 0 Å². The maximum atomic E-state index is 11.8. The molecule has 7 heteroatoms. The van der Waals surface area contributed by atoms with Crippen molar-refractivity contribution in [1.82, 2.24) is 10.0 Å². The van der Waals surface area contributed by atoms with E-state index in [1.165, 1.54) is 38.2 Å². The van der Waals surface area contributed by atoms with Crippen LogP contribution in [-0.2, 0) is 14.8 Å². The third kappa shape index (κ3) is 3.64. The van der Waals surface area contributed by atoms with Crippen molar-refractivity contribution in [1.29, 1.82) is 0 Å². The molecule has 0 aliphatic rings. The molecule has 0 aliphatic heterocycles. The van der Waals surface area contributed by atoms with Crippen molar-refractivity contribution in [3.8, 4) is 0 Å². The summed E-state index contributed by atoms with van der Waals surface area (Å²) in [5, 5.41) is 2.30. The molecule has 2 N–H and O–H groups in total. The van der Waals surface area contributed by atoms with Crippen molar-refractivity contribution in [2.24, 2.45) is 0 Å². The van der Waals surface area contributed by atoms with E-state index in [9.17, 15) is 18.0 Å². The van der Waals surface area contributed by atoms with Gasteiger partial charge < -0.3 is 5.32 Å². The Bertz CT molecular complexity index is 549. The van der Waals surface area contributed by atoms with Crippen LogP contribution < -0.4 is 10.0 Å². The minimum Gasteiger partial charge on any atom is -0.358 e. The number of sulfonamides is 1. The number of carbonyl (C=O) groups is 2. The maximum Gasteiger partial charge on any atom is 0.241 e. The number of carbonyl (C=O) groups excluding carboxylic acids is 2. The SMILES string of the molecule is CNC(=O)CNS(=O)(=O)c1ccc(C(C)=O)cc1. The van der Waals surface area contributed by atoms with Crippen molar-refractivity contribution in [2.75, 3.05) is 13.6 Å². The van der Waals surface area contributed by atoms with E-state index >= 15 is 0 Å². The van der Waals surface area contributed by atoms with Gasteiger partial charge in [0.2, 0.25) is 15.9 Å². The maximum absolute atomic E-state index is 11.8. The molecule has 1 rings (SSSR count).